The maximum Gasteiger partial charge on any atom is 0.195 e. The van der Waals surface area contributed by atoms with Crippen molar-refractivity contribution < 1.29 is 9.47 Å². The first-order valence-corrected chi connectivity index (χ1v) is 9.29. The smallest absolute Gasteiger partial charge is 0.195 e. The van der Waals surface area contributed by atoms with Crippen LogP contribution in [0.5, 0.6) is 11.5 Å². The molecular weight excluding hydrogens is 332 g/mol. The lowest BCUT2D eigenvalue weighted by Gasteiger charge is -2.05. The zero-order valence-corrected chi connectivity index (χ0v) is 15.2. The van der Waals surface area contributed by atoms with E-state index in [2.05, 4.69) is 41.8 Å². The Hall–Kier alpha value is -2.53. The molecule has 0 spiro atoms. The lowest BCUT2D eigenvalue weighted by Crippen LogP contribution is -1.95. The number of thiazole rings is 1. The minimum absolute atomic E-state index is 0.769. The SMILES string of the molecule is CCCCOc1ccc(-c2cn3c(n2)sc2cc(OC)ccc23)cc1. The quantitative estimate of drug-likeness (QED) is 0.436. The van der Waals surface area contributed by atoms with E-state index < -0.39 is 0 Å². The molecule has 0 aliphatic carbocycles. The van der Waals surface area contributed by atoms with Crippen LogP contribution in [0, 0.1) is 0 Å². The van der Waals surface area contributed by atoms with E-state index in [1.807, 2.05) is 18.2 Å². The maximum absolute atomic E-state index is 5.73. The maximum atomic E-state index is 5.73. The highest BCUT2D eigenvalue weighted by molar-refractivity contribution is 7.23. The topological polar surface area (TPSA) is 35.8 Å². The van der Waals surface area contributed by atoms with Crippen molar-refractivity contribution in [2.75, 3.05) is 13.7 Å². The zero-order valence-electron chi connectivity index (χ0n) is 14.4. The van der Waals surface area contributed by atoms with E-state index in [-0.39, 0.29) is 0 Å². The number of rotatable bonds is 6. The van der Waals surface area contributed by atoms with Gasteiger partial charge in [0.05, 0.1) is 29.6 Å². The van der Waals surface area contributed by atoms with Gasteiger partial charge < -0.3 is 9.47 Å². The second-order valence-electron chi connectivity index (χ2n) is 5.94. The van der Waals surface area contributed by atoms with Gasteiger partial charge >= 0.3 is 0 Å². The van der Waals surface area contributed by atoms with Crippen LogP contribution >= 0.6 is 11.3 Å². The summed E-state index contributed by atoms with van der Waals surface area (Å²) in [5.74, 6) is 1.78. The molecule has 0 N–H and O–H groups in total. The van der Waals surface area contributed by atoms with Crippen LogP contribution in [0.25, 0.3) is 26.4 Å². The van der Waals surface area contributed by atoms with Gasteiger partial charge in [0.15, 0.2) is 4.96 Å². The Bertz CT molecular complexity index is 1000. The van der Waals surface area contributed by atoms with Crippen LogP contribution in [0.4, 0.5) is 0 Å². The molecule has 0 aliphatic rings. The Morgan fingerprint density at radius 2 is 1.88 bits per heavy atom. The van der Waals surface area contributed by atoms with Crippen LogP contribution in [0.2, 0.25) is 0 Å². The van der Waals surface area contributed by atoms with Crippen LogP contribution < -0.4 is 9.47 Å². The Labute approximate surface area is 150 Å². The first-order chi connectivity index (χ1) is 12.3. The first kappa shape index (κ1) is 16.0. The third-order valence-electron chi connectivity index (χ3n) is 4.22. The summed E-state index contributed by atoms with van der Waals surface area (Å²) in [6.07, 6.45) is 4.31. The van der Waals surface area contributed by atoms with E-state index in [9.17, 15) is 0 Å². The highest BCUT2D eigenvalue weighted by Crippen LogP contribution is 2.32. The van der Waals surface area contributed by atoms with Gasteiger partial charge in [-0.2, -0.15) is 0 Å². The summed E-state index contributed by atoms with van der Waals surface area (Å²) in [7, 11) is 1.69. The van der Waals surface area contributed by atoms with Gasteiger partial charge in [-0.05, 0) is 48.9 Å². The van der Waals surface area contributed by atoms with E-state index in [4.69, 9.17) is 14.5 Å². The van der Waals surface area contributed by atoms with Crippen molar-refractivity contribution in [3.05, 3.63) is 48.7 Å². The van der Waals surface area contributed by atoms with Gasteiger partial charge in [0.25, 0.3) is 0 Å². The third kappa shape index (κ3) is 3.07. The van der Waals surface area contributed by atoms with Gasteiger partial charge in [-0.25, -0.2) is 4.98 Å². The molecule has 0 radical (unpaired) electrons. The monoisotopic (exact) mass is 352 g/mol. The summed E-state index contributed by atoms with van der Waals surface area (Å²) < 4.78 is 14.3. The standard InChI is InChI=1S/C20H20N2O2S/c1-3-4-11-24-15-7-5-14(6-8-15)17-13-22-18-10-9-16(23-2)12-19(18)25-20(22)21-17/h5-10,12-13H,3-4,11H2,1-2H3. The fourth-order valence-electron chi connectivity index (χ4n) is 2.80. The molecule has 2 aromatic carbocycles. The highest BCUT2D eigenvalue weighted by atomic mass is 32.1. The van der Waals surface area contributed by atoms with E-state index in [1.165, 1.54) is 4.70 Å². The molecule has 0 amide bonds. The van der Waals surface area contributed by atoms with Crippen molar-refractivity contribution in [2.24, 2.45) is 0 Å². The molecule has 5 heteroatoms. The number of aromatic nitrogens is 2. The number of fused-ring (bicyclic) bond motifs is 3. The number of unbranched alkanes of at least 4 members (excludes halogenated alkanes) is 1. The predicted molar refractivity (Wildman–Crippen MR) is 103 cm³/mol. The molecular formula is C20H20N2O2S. The van der Waals surface area contributed by atoms with Crippen LogP contribution in [0.1, 0.15) is 19.8 Å². The van der Waals surface area contributed by atoms with Crippen LogP contribution in [-0.4, -0.2) is 23.1 Å². The fourth-order valence-corrected chi connectivity index (χ4v) is 3.84. The lowest BCUT2D eigenvalue weighted by molar-refractivity contribution is 0.309. The first-order valence-electron chi connectivity index (χ1n) is 8.47. The molecule has 4 aromatic rings. The number of imidazole rings is 1. The largest absolute Gasteiger partial charge is 0.497 e. The summed E-state index contributed by atoms with van der Waals surface area (Å²) >= 11 is 1.67. The molecule has 4 nitrogen and oxygen atoms in total. The Morgan fingerprint density at radius 3 is 2.64 bits per heavy atom. The van der Waals surface area contributed by atoms with Gasteiger partial charge in [0.1, 0.15) is 11.5 Å². The number of hydrogen-bond donors (Lipinski definition) is 0. The number of nitrogens with zero attached hydrogens (tertiary/aromatic N) is 2. The number of benzene rings is 2. The molecule has 0 aliphatic heterocycles. The summed E-state index contributed by atoms with van der Waals surface area (Å²) in [5, 5.41) is 0. The van der Waals surface area contributed by atoms with Gasteiger partial charge in [-0.15, -0.1) is 0 Å². The summed E-state index contributed by atoms with van der Waals surface area (Å²) in [6.45, 7) is 2.93. The molecule has 4 rings (SSSR count). The summed E-state index contributed by atoms with van der Waals surface area (Å²) in [4.78, 5) is 5.77. The molecule has 0 bridgehead atoms. The van der Waals surface area contributed by atoms with Gasteiger partial charge in [0, 0.05) is 11.8 Å². The molecule has 0 fully saturated rings. The molecule has 128 valence electrons. The van der Waals surface area contributed by atoms with Crippen molar-refractivity contribution in [1.82, 2.24) is 9.38 Å². The Balaban J connectivity index is 1.63. The van der Waals surface area contributed by atoms with E-state index >= 15 is 0 Å². The van der Waals surface area contributed by atoms with Crippen LogP contribution in [0.15, 0.2) is 48.7 Å². The molecule has 0 saturated heterocycles. The lowest BCUT2D eigenvalue weighted by atomic mass is 10.1. The van der Waals surface area contributed by atoms with Crippen molar-refractivity contribution in [1.29, 1.82) is 0 Å². The summed E-state index contributed by atoms with van der Waals surface area (Å²) in [5.41, 5.74) is 3.23. The zero-order chi connectivity index (χ0) is 17.2. The number of methoxy groups -OCH3 is 1. The third-order valence-corrected chi connectivity index (χ3v) is 5.24. The fraction of sp³-hybridized carbons (Fsp3) is 0.250. The molecule has 2 heterocycles. The van der Waals surface area contributed by atoms with Crippen molar-refractivity contribution in [2.45, 2.75) is 19.8 Å². The normalized spacial score (nSPS) is 11.3. The Morgan fingerprint density at radius 1 is 1.08 bits per heavy atom. The van der Waals surface area contributed by atoms with Gasteiger partial charge in [-0.1, -0.05) is 24.7 Å². The molecule has 0 unspecified atom stereocenters. The van der Waals surface area contributed by atoms with Gasteiger partial charge in [-0.3, -0.25) is 4.40 Å². The average molecular weight is 352 g/mol. The van der Waals surface area contributed by atoms with E-state index in [0.29, 0.717) is 0 Å². The summed E-state index contributed by atoms with van der Waals surface area (Å²) in [6, 6.07) is 14.3. The second-order valence-corrected chi connectivity index (χ2v) is 6.95. The van der Waals surface area contributed by atoms with E-state index in [0.717, 1.165) is 52.7 Å². The van der Waals surface area contributed by atoms with Crippen molar-refractivity contribution in [3.63, 3.8) is 0 Å². The predicted octanol–water partition coefficient (Wildman–Crippen LogP) is 5.40. The van der Waals surface area contributed by atoms with Crippen molar-refractivity contribution in [3.8, 4) is 22.8 Å². The number of hydrogen-bond acceptors (Lipinski definition) is 4. The van der Waals surface area contributed by atoms with Crippen LogP contribution in [-0.2, 0) is 0 Å². The molecule has 0 saturated carbocycles. The molecule has 2 aromatic heterocycles. The van der Waals surface area contributed by atoms with Crippen molar-refractivity contribution >= 4 is 26.5 Å². The Kier molecular flexibility index (Phi) is 4.32. The minimum atomic E-state index is 0.769. The second kappa shape index (κ2) is 6.76. The van der Waals surface area contributed by atoms with E-state index in [1.54, 1.807) is 18.4 Å². The molecule has 25 heavy (non-hydrogen) atoms. The molecule has 0 atom stereocenters. The van der Waals surface area contributed by atoms with Gasteiger partial charge in [0.2, 0.25) is 0 Å². The average Bonchev–Trinajstić information content (AvgIpc) is 3.19. The highest BCUT2D eigenvalue weighted by Gasteiger charge is 2.11. The minimum Gasteiger partial charge on any atom is -0.497 e. The van der Waals surface area contributed by atoms with Crippen LogP contribution in [0.3, 0.4) is 0 Å². The number of ether oxygens (including phenoxy) is 2.